The minimum Gasteiger partial charge on any atom is -0.341 e. The van der Waals surface area contributed by atoms with E-state index in [1.54, 1.807) is 48.2 Å². The van der Waals surface area contributed by atoms with Crippen molar-refractivity contribution in [3.63, 3.8) is 0 Å². The lowest BCUT2D eigenvalue weighted by Crippen LogP contribution is -2.43. The standard InChI is InChI=1S/C20H30N8O4/c1-21-17(29)23-15-6-8-27(11-15)19(31)25-13-4-3-5-14(10-13)26-20(32)28-9-7-16(12-28)24-18(30)22-2/h3-5,10,15-16H,6-9,11-12H2,1-2H3,(H,25,31)(H,26,32)(H2,21,23,29)(H2,22,24,30)/t15-,16-/m1/s1. The molecule has 2 aliphatic heterocycles. The van der Waals surface area contributed by atoms with Crippen LogP contribution in [0.15, 0.2) is 24.3 Å². The van der Waals surface area contributed by atoms with E-state index in [0.717, 1.165) is 0 Å². The summed E-state index contributed by atoms with van der Waals surface area (Å²) in [6, 6.07) is 5.65. The molecule has 3 rings (SSSR count). The second kappa shape index (κ2) is 10.6. The van der Waals surface area contributed by atoms with E-state index in [1.807, 2.05) is 0 Å². The summed E-state index contributed by atoms with van der Waals surface area (Å²) in [5, 5.41) is 16.3. The first-order valence-electron chi connectivity index (χ1n) is 10.6. The van der Waals surface area contributed by atoms with Crippen molar-refractivity contribution in [3.8, 4) is 0 Å². The summed E-state index contributed by atoms with van der Waals surface area (Å²) in [6.45, 7) is 1.93. The van der Waals surface area contributed by atoms with Gasteiger partial charge in [-0.3, -0.25) is 0 Å². The van der Waals surface area contributed by atoms with Crippen molar-refractivity contribution in [2.45, 2.75) is 24.9 Å². The third-order valence-corrected chi connectivity index (χ3v) is 5.44. The summed E-state index contributed by atoms with van der Waals surface area (Å²) < 4.78 is 0. The Bertz CT molecular complexity index is 799. The number of benzene rings is 1. The normalized spacial score (nSPS) is 19.8. The number of urea groups is 4. The number of carbonyl (C=O) groups excluding carboxylic acids is 4. The molecular formula is C20H30N8O4. The van der Waals surface area contributed by atoms with Gasteiger partial charge in [-0.2, -0.15) is 0 Å². The third-order valence-electron chi connectivity index (χ3n) is 5.44. The third kappa shape index (κ3) is 6.15. The van der Waals surface area contributed by atoms with Crippen LogP contribution in [0.2, 0.25) is 0 Å². The number of nitrogens with one attached hydrogen (secondary N) is 6. The van der Waals surface area contributed by atoms with E-state index in [4.69, 9.17) is 0 Å². The van der Waals surface area contributed by atoms with Gasteiger partial charge in [0, 0.05) is 63.7 Å². The Morgan fingerprint density at radius 1 is 0.781 bits per heavy atom. The Morgan fingerprint density at radius 2 is 1.22 bits per heavy atom. The molecule has 174 valence electrons. The lowest BCUT2D eigenvalue weighted by atomic mass is 10.2. The van der Waals surface area contributed by atoms with Crippen LogP contribution in [0.3, 0.4) is 0 Å². The van der Waals surface area contributed by atoms with Crippen molar-refractivity contribution < 1.29 is 19.2 Å². The van der Waals surface area contributed by atoms with Gasteiger partial charge < -0.3 is 41.7 Å². The van der Waals surface area contributed by atoms with Gasteiger partial charge in [0.15, 0.2) is 0 Å². The summed E-state index contributed by atoms with van der Waals surface area (Å²) in [7, 11) is 3.09. The molecule has 6 N–H and O–H groups in total. The molecule has 32 heavy (non-hydrogen) atoms. The SMILES string of the molecule is CNC(=O)N[C@@H]1CCN(C(=O)Nc2cccc(NC(=O)N3CC[C@@H](NC(=O)NC)C3)c2)C1. The van der Waals surface area contributed by atoms with E-state index in [9.17, 15) is 19.2 Å². The molecule has 2 heterocycles. The minimum absolute atomic E-state index is 0.0894. The van der Waals surface area contributed by atoms with Crippen LogP contribution in [0.25, 0.3) is 0 Å². The second-order valence-corrected chi connectivity index (χ2v) is 7.75. The lowest BCUT2D eigenvalue weighted by molar-refractivity contribution is 0.219. The molecule has 0 aliphatic carbocycles. The number of hydrogen-bond acceptors (Lipinski definition) is 4. The molecule has 0 spiro atoms. The number of likely N-dealkylation sites (tertiary alicyclic amines) is 2. The number of nitrogens with zero attached hydrogens (tertiary/aromatic N) is 2. The zero-order valence-electron chi connectivity index (χ0n) is 18.2. The van der Waals surface area contributed by atoms with E-state index < -0.39 is 0 Å². The van der Waals surface area contributed by atoms with E-state index in [0.29, 0.717) is 50.4 Å². The van der Waals surface area contributed by atoms with Crippen molar-refractivity contribution >= 4 is 35.5 Å². The van der Waals surface area contributed by atoms with Crippen LogP contribution in [0.5, 0.6) is 0 Å². The summed E-state index contributed by atoms with van der Waals surface area (Å²) in [4.78, 5) is 51.3. The van der Waals surface area contributed by atoms with Gasteiger partial charge in [0.2, 0.25) is 0 Å². The van der Waals surface area contributed by atoms with Crippen molar-refractivity contribution in [3.05, 3.63) is 24.3 Å². The molecule has 1 aromatic rings. The van der Waals surface area contributed by atoms with E-state index in [1.165, 1.54) is 0 Å². The Hall–Kier alpha value is -3.70. The van der Waals surface area contributed by atoms with Gasteiger partial charge in [-0.1, -0.05) is 6.07 Å². The average Bonchev–Trinajstić information content (AvgIpc) is 3.43. The zero-order chi connectivity index (χ0) is 23.1. The number of rotatable bonds is 4. The Labute approximate surface area is 186 Å². The molecule has 2 fully saturated rings. The van der Waals surface area contributed by atoms with E-state index in [-0.39, 0.29) is 36.2 Å². The molecular weight excluding hydrogens is 416 g/mol. The van der Waals surface area contributed by atoms with Gasteiger partial charge in [0.05, 0.1) is 0 Å². The highest BCUT2D eigenvalue weighted by molar-refractivity contribution is 5.93. The molecule has 0 bridgehead atoms. The maximum atomic E-state index is 12.6. The average molecular weight is 447 g/mol. The van der Waals surface area contributed by atoms with Gasteiger partial charge in [-0.05, 0) is 31.0 Å². The summed E-state index contributed by atoms with van der Waals surface area (Å²) in [5.41, 5.74) is 1.10. The van der Waals surface area contributed by atoms with Crippen LogP contribution in [0.4, 0.5) is 30.6 Å². The molecule has 0 unspecified atom stereocenters. The number of anilines is 2. The van der Waals surface area contributed by atoms with Crippen molar-refractivity contribution in [1.29, 1.82) is 0 Å². The summed E-state index contributed by atoms with van der Waals surface area (Å²) in [5.74, 6) is 0. The number of hydrogen-bond donors (Lipinski definition) is 6. The predicted octanol–water partition coefficient (Wildman–Crippen LogP) is 0.757. The Morgan fingerprint density at radius 3 is 1.62 bits per heavy atom. The fourth-order valence-electron chi connectivity index (χ4n) is 3.72. The maximum absolute atomic E-state index is 12.6. The molecule has 2 aliphatic rings. The topological polar surface area (TPSA) is 147 Å². The van der Waals surface area contributed by atoms with Gasteiger partial charge in [0.25, 0.3) is 0 Å². The monoisotopic (exact) mass is 446 g/mol. The zero-order valence-corrected chi connectivity index (χ0v) is 18.2. The van der Waals surface area contributed by atoms with Gasteiger partial charge >= 0.3 is 24.1 Å². The summed E-state index contributed by atoms with van der Waals surface area (Å²) >= 11 is 0. The van der Waals surface area contributed by atoms with Crippen LogP contribution in [-0.2, 0) is 0 Å². The molecule has 12 heteroatoms. The highest BCUT2D eigenvalue weighted by Gasteiger charge is 2.28. The van der Waals surface area contributed by atoms with Crippen LogP contribution in [0.1, 0.15) is 12.8 Å². The van der Waals surface area contributed by atoms with Crippen molar-refractivity contribution in [1.82, 2.24) is 31.1 Å². The predicted molar refractivity (Wildman–Crippen MR) is 120 cm³/mol. The van der Waals surface area contributed by atoms with Crippen LogP contribution in [0, 0.1) is 0 Å². The fraction of sp³-hybridized carbons (Fsp3) is 0.500. The summed E-state index contributed by atoms with van der Waals surface area (Å²) in [6.07, 6.45) is 1.37. The van der Waals surface area contributed by atoms with E-state index >= 15 is 0 Å². The molecule has 12 nitrogen and oxygen atoms in total. The quantitative estimate of drug-likeness (QED) is 0.405. The van der Waals surface area contributed by atoms with Crippen LogP contribution in [-0.4, -0.2) is 86.3 Å². The molecule has 8 amide bonds. The molecule has 2 saturated heterocycles. The van der Waals surface area contributed by atoms with E-state index in [2.05, 4.69) is 31.9 Å². The maximum Gasteiger partial charge on any atom is 0.321 e. The Balaban J connectivity index is 1.49. The highest BCUT2D eigenvalue weighted by atomic mass is 16.2. The van der Waals surface area contributed by atoms with Crippen molar-refractivity contribution in [2.75, 3.05) is 50.9 Å². The van der Waals surface area contributed by atoms with Gasteiger partial charge in [-0.25, -0.2) is 19.2 Å². The Kier molecular flexibility index (Phi) is 7.58. The van der Waals surface area contributed by atoms with Gasteiger partial charge in [-0.15, -0.1) is 0 Å². The largest absolute Gasteiger partial charge is 0.341 e. The number of carbonyl (C=O) groups is 4. The van der Waals surface area contributed by atoms with Crippen molar-refractivity contribution in [2.24, 2.45) is 0 Å². The first-order chi connectivity index (χ1) is 15.4. The van der Waals surface area contributed by atoms with Crippen LogP contribution >= 0.6 is 0 Å². The minimum atomic E-state index is -0.269. The smallest absolute Gasteiger partial charge is 0.321 e. The first-order valence-corrected chi connectivity index (χ1v) is 10.6. The lowest BCUT2D eigenvalue weighted by Gasteiger charge is -2.19. The first kappa shape index (κ1) is 23.0. The highest BCUT2D eigenvalue weighted by Crippen LogP contribution is 2.19. The molecule has 0 radical (unpaired) electrons. The second-order valence-electron chi connectivity index (χ2n) is 7.75. The van der Waals surface area contributed by atoms with Crippen LogP contribution < -0.4 is 31.9 Å². The molecule has 2 atom stereocenters. The molecule has 0 saturated carbocycles. The van der Waals surface area contributed by atoms with Gasteiger partial charge in [0.1, 0.15) is 0 Å². The fourth-order valence-corrected chi connectivity index (χ4v) is 3.72. The molecule has 0 aromatic heterocycles. The molecule has 1 aromatic carbocycles. The number of amides is 8.